The summed E-state index contributed by atoms with van der Waals surface area (Å²) in [6.45, 7) is 3.31. The van der Waals surface area contributed by atoms with Crippen molar-refractivity contribution in [2.45, 2.75) is 68.0 Å². The van der Waals surface area contributed by atoms with Crippen LogP contribution < -0.4 is 5.32 Å². The van der Waals surface area contributed by atoms with E-state index in [-0.39, 0.29) is 10.1 Å². The summed E-state index contributed by atoms with van der Waals surface area (Å²) < 4.78 is 26.0. The van der Waals surface area contributed by atoms with Crippen molar-refractivity contribution in [1.82, 2.24) is 15.2 Å². The molecule has 2 aromatic carbocycles. The van der Waals surface area contributed by atoms with Gasteiger partial charge < -0.3 is 10.4 Å². The third kappa shape index (κ3) is 3.53. The Balaban J connectivity index is 1.45. The molecular weight excluding hydrogens is 412 g/mol. The van der Waals surface area contributed by atoms with E-state index < -0.39 is 15.4 Å². The molecule has 0 saturated heterocycles. The highest BCUT2D eigenvalue weighted by Crippen LogP contribution is 2.39. The van der Waals surface area contributed by atoms with Crippen LogP contribution >= 0.6 is 0 Å². The van der Waals surface area contributed by atoms with Crippen LogP contribution in [0.5, 0.6) is 0 Å². The van der Waals surface area contributed by atoms with Crippen LogP contribution in [0.3, 0.4) is 0 Å². The average Bonchev–Trinajstić information content (AvgIpc) is 3.47. The zero-order valence-corrected chi connectivity index (χ0v) is 18.5. The number of benzene rings is 2. The van der Waals surface area contributed by atoms with Gasteiger partial charge in [0, 0.05) is 5.69 Å². The van der Waals surface area contributed by atoms with E-state index in [4.69, 9.17) is 0 Å². The molecule has 7 nitrogen and oxygen atoms in total. The zero-order valence-electron chi connectivity index (χ0n) is 17.7. The Morgan fingerprint density at radius 2 is 1.58 bits per heavy atom. The fourth-order valence-electron chi connectivity index (χ4n) is 4.66. The molecule has 2 aliphatic rings. The van der Waals surface area contributed by atoms with Crippen molar-refractivity contribution in [2.24, 2.45) is 0 Å². The Morgan fingerprint density at radius 1 is 0.968 bits per heavy atom. The molecule has 0 unspecified atom stereocenters. The number of aromatic amines is 1. The van der Waals surface area contributed by atoms with Crippen LogP contribution in [0.15, 0.2) is 40.4 Å². The fraction of sp³-hybridized carbons (Fsp3) is 0.391. The van der Waals surface area contributed by atoms with Crippen molar-refractivity contribution >= 4 is 21.5 Å². The van der Waals surface area contributed by atoms with Gasteiger partial charge in [-0.2, -0.15) is 0 Å². The van der Waals surface area contributed by atoms with Crippen LogP contribution in [0, 0.1) is 0 Å². The number of sulfone groups is 1. The first-order chi connectivity index (χ1) is 14.7. The number of nitrogens with zero attached hydrogens (tertiary/aromatic N) is 2. The number of nitrogens with one attached hydrogen (secondary N) is 2. The van der Waals surface area contributed by atoms with Gasteiger partial charge in [-0.25, -0.2) is 8.42 Å². The fourth-order valence-corrected chi connectivity index (χ4v) is 5.76. The number of aromatic nitrogens is 3. The van der Waals surface area contributed by atoms with Crippen LogP contribution in [-0.2, 0) is 41.1 Å². The number of aryl methyl sites for hydroxylation is 2. The second kappa shape index (κ2) is 7.17. The summed E-state index contributed by atoms with van der Waals surface area (Å²) in [4.78, 5) is 2.96. The molecule has 0 amide bonds. The topological polar surface area (TPSA) is 108 Å². The number of hydrogen-bond donors (Lipinski definition) is 3. The molecule has 0 aliphatic heterocycles. The molecule has 3 N–H and O–H groups in total. The Bertz CT molecular complexity index is 1220. The molecule has 8 heteroatoms. The summed E-state index contributed by atoms with van der Waals surface area (Å²) in [6, 6.07) is 8.53. The Hall–Kier alpha value is -2.71. The second-order valence-corrected chi connectivity index (χ2v) is 10.8. The van der Waals surface area contributed by atoms with Crippen LogP contribution in [0.25, 0.3) is 0 Å². The summed E-state index contributed by atoms with van der Waals surface area (Å²) in [5.41, 5.74) is 6.11. The minimum atomic E-state index is -3.85. The predicted molar refractivity (Wildman–Crippen MR) is 117 cm³/mol. The lowest BCUT2D eigenvalue weighted by Gasteiger charge is -2.17. The lowest BCUT2D eigenvalue weighted by atomic mass is 9.99. The summed E-state index contributed by atoms with van der Waals surface area (Å²) in [5, 5.41) is 21.2. The van der Waals surface area contributed by atoms with Gasteiger partial charge in [-0.1, -0.05) is 18.2 Å². The highest BCUT2D eigenvalue weighted by atomic mass is 32.2. The highest BCUT2D eigenvalue weighted by Gasteiger charge is 2.27. The van der Waals surface area contributed by atoms with Gasteiger partial charge in [0.15, 0.2) is 0 Å². The largest absolute Gasteiger partial charge is 0.386 e. The van der Waals surface area contributed by atoms with Gasteiger partial charge in [-0.15, -0.1) is 10.2 Å². The summed E-state index contributed by atoms with van der Waals surface area (Å²) in [6.07, 6.45) is 6.52. The van der Waals surface area contributed by atoms with E-state index in [2.05, 4.69) is 26.6 Å². The van der Waals surface area contributed by atoms with Crippen molar-refractivity contribution in [3.8, 4) is 0 Å². The van der Waals surface area contributed by atoms with E-state index in [1.54, 1.807) is 26.0 Å². The molecular formula is C23H26N4O3S. The average molecular weight is 439 g/mol. The van der Waals surface area contributed by atoms with Crippen LogP contribution in [0.2, 0.25) is 0 Å². The van der Waals surface area contributed by atoms with Crippen molar-refractivity contribution in [1.29, 1.82) is 0 Å². The van der Waals surface area contributed by atoms with Crippen LogP contribution in [-0.4, -0.2) is 28.7 Å². The quantitative estimate of drug-likeness (QED) is 0.562. The Labute approximate surface area is 181 Å². The molecule has 162 valence electrons. The summed E-state index contributed by atoms with van der Waals surface area (Å²) >= 11 is 0. The van der Waals surface area contributed by atoms with Gasteiger partial charge >= 0.3 is 0 Å². The molecule has 5 rings (SSSR count). The van der Waals surface area contributed by atoms with Crippen molar-refractivity contribution in [3.05, 3.63) is 58.1 Å². The highest BCUT2D eigenvalue weighted by molar-refractivity contribution is 7.91. The zero-order chi connectivity index (χ0) is 21.8. The first kappa shape index (κ1) is 20.2. The number of fused-ring (bicyclic) bond motifs is 2. The van der Waals surface area contributed by atoms with E-state index in [1.165, 1.54) is 34.4 Å². The molecule has 2 aliphatic carbocycles. The Morgan fingerprint density at radius 3 is 2.16 bits per heavy atom. The van der Waals surface area contributed by atoms with E-state index in [0.717, 1.165) is 44.2 Å². The van der Waals surface area contributed by atoms with E-state index in [1.807, 2.05) is 0 Å². The monoisotopic (exact) mass is 438 g/mol. The summed E-state index contributed by atoms with van der Waals surface area (Å²) in [5.74, 6) is 0.334. The number of aliphatic hydroxyl groups is 1. The summed E-state index contributed by atoms with van der Waals surface area (Å²) in [7, 11) is -3.85. The number of anilines is 2. The van der Waals surface area contributed by atoms with Gasteiger partial charge in [0.1, 0.15) is 0 Å². The number of rotatable bonds is 5. The van der Waals surface area contributed by atoms with Crippen LogP contribution in [0.1, 0.15) is 54.5 Å². The van der Waals surface area contributed by atoms with Gasteiger partial charge in [-0.05, 0) is 92.3 Å². The lowest BCUT2D eigenvalue weighted by molar-refractivity contribution is 0.0785. The minimum absolute atomic E-state index is 0.102. The third-order valence-electron chi connectivity index (χ3n) is 6.31. The third-order valence-corrected chi connectivity index (χ3v) is 7.89. The maximum absolute atomic E-state index is 13.0. The van der Waals surface area contributed by atoms with E-state index in [0.29, 0.717) is 11.5 Å². The second-order valence-electron chi connectivity index (χ2n) is 8.92. The smallest absolute Gasteiger partial charge is 0.253 e. The molecule has 31 heavy (non-hydrogen) atoms. The van der Waals surface area contributed by atoms with Gasteiger partial charge in [0.05, 0.1) is 10.5 Å². The van der Waals surface area contributed by atoms with E-state index in [9.17, 15) is 13.5 Å². The molecule has 0 spiro atoms. The molecule has 0 saturated carbocycles. The van der Waals surface area contributed by atoms with E-state index >= 15 is 0 Å². The molecule has 1 aromatic heterocycles. The number of H-pyrrole nitrogens is 1. The van der Waals surface area contributed by atoms with Gasteiger partial charge in [0.2, 0.25) is 15.8 Å². The molecule has 0 radical (unpaired) electrons. The van der Waals surface area contributed by atoms with Gasteiger partial charge in [0.25, 0.3) is 5.16 Å². The molecule has 0 bridgehead atoms. The standard InChI is InChI=1S/C23H26N4O3S/c1-23(2,28)16-9-11-17(12-10-16)31(29,30)22-25-21(26-27-22)24-20-18-7-3-5-14(18)13-15-6-4-8-19(15)20/h9-13,28H,3-8H2,1-2H3,(H2,24,25,26,27). The molecule has 1 heterocycles. The normalized spacial score (nSPS) is 15.7. The maximum Gasteiger partial charge on any atom is 0.253 e. The molecule has 3 aromatic rings. The number of hydrogen-bond acceptors (Lipinski definition) is 6. The first-order valence-electron chi connectivity index (χ1n) is 10.7. The predicted octanol–water partition coefficient (Wildman–Crippen LogP) is 3.59. The molecule has 0 atom stereocenters. The first-order valence-corrected chi connectivity index (χ1v) is 12.2. The van der Waals surface area contributed by atoms with Gasteiger partial charge in [-0.3, -0.25) is 4.98 Å². The molecule has 0 fully saturated rings. The van der Waals surface area contributed by atoms with Crippen molar-refractivity contribution in [3.63, 3.8) is 0 Å². The van der Waals surface area contributed by atoms with Crippen molar-refractivity contribution < 1.29 is 13.5 Å². The minimum Gasteiger partial charge on any atom is -0.386 e. The SMILES string of the molecule is CC(C)(O)c1ccc(S(=O)(=O)c2nnc(Nc3c4c(cc5c3CCC5)CCC4)[nH]2)cc1. The lowest BCUT2D eigenvalue weighted by Crippen LogP contribution is -2.15. The van der Waals surface area contributed by atoms with Crippen LogP contribution in [0.4, 0.5) is 11.6 Å². The maximum atomic E-state index is 13.0. The Kier molecular flexibility index (Phi) is 4.67. The van der Waals surface area contributed by atoms with Crippen molar-refractivity contribution in [2.75, 3.05) is 5.32 Å².